The van der Waals surface area contributed by atoms with Gasteiger partial charge in [-0.15, -0.1) is 0 Å². The van der Waals surface area contributed by atoms with Gasteiger partial charge < -0.3 is 10.1 Å². The molecule has 1 atom stereocenters. The van der Waals surface area contributed by atoms with Crippen molar-refractivity contribution < 1.29 is 4.74 Å². The molecule has 1 aliphatic heterocycles. The van der Waals surface area contributed by atoms with Gasteiger partial charge in [0.05, 0.1) is 19.0 Å². The van der Waals surface area contributed by atoms with E-state index in [1.807, 2.05) is 13.2 Å². The average molecular weight is 209 g/mol. The fourth-order valence-corrected chi connectivity index (χ4v) is 2.00. The van der Waals surface area contributed by atoms with Crippen LogP contribution < -0.4 is 10.1 Å². The maximum absolute atomic E-state index is 5.58. The number of nitrogens with zero attached hydrogens (tertiary/aromatic N) is 2. The van der Waals surface area contributed by atoms with Crippen molar-refractivity contribution >= 4 is 0 Å². The van der Waals surface area contributed by atoms with Crippen LogP contribution in [0.5, 0.6) is 5.75 Å². The quantitative estimate of drug-likeness (QED) is 0.744. The molecule has 84 valence electrons. The fourth-order valence-electron chi connectivity index (χ4n) is 2.00. The van der Waals surface area contributed by atoms with Gasteiger partial charge in [-0.3, -0.25) is 4.68 Å². The second kappa shape index (κ2) is 5.16. The maximum Gasteiger partial charge on any atom is 0.157 e. The number of nitrogens with one attached hydrogen (secondary N) is 1. The third kappa shape index (κ3) is 3.23. The summed E-state index contributed by atoms with van der Waals surface area (Å²) >= 11 is 0. The van der Waals surface area contributed by atoms with Crippen molar-refractivity contribution in [2.75, 3.05) is 13.2 Å². The highest BCUT2D eigenvalue weighted by molar-refractivity contribution is 5.11. The Morgan fingerprint density at radius 3 is 3.27 bits per heavy atom. The molecule has 15 heavy (non-hydrogen) atoms. The standard InChI is InChI=1S/C11H19N3O/c1-14-9-11(8-13-14)15-7-3-5-10-4-2-6-12-10/h8-10,12H,2-7H2,1H3. The van der Waals surface area contributed by atoms with Crippen LogP contribution in [0, 0.1) is 0 Å². The van der Waals surface area contributed by atoms with Crippen LogP contribution in [0.2, 0.25) is 0 Å². The second-order valence-corrected chi connectivity index (χ2v) is 4.13. The predicted molar refractivity (Wildman–Crippen MR) is 59.0 cm³/mol. The van der Waals surface area contributed by atoms with Crippen LogP contribution in [0.15, 0.2) is 12.4 Å². The topological polar surface area (TPSA) is 39.1 Å². The van der Waals surface area contributed by atoms with E-state index in [2.05, 4.69) is 10.4 Å². The number of aromatic nitrogens is 2. The normalized spacial score (nSPS) is 20.7. The lowest BCUT2D eigenvalue weighted by molar-refractivity contribution is 0.298. The first-order valence-corrected chi connectivity index (χ1v) is 5.69. The van der Waals surface area contributed by atoms with Gasteiger partial charge in [-0.25, -0.2) is 0 Å². The molecule has 0 aliphatic carbocycles. The van der Waals surface area contributed by atoms with Crippen LogP contribution in [-0.2, 0) is 7.05 Å². The van der Waals surface area contributed by atoms with Crippen molar-refractivity contribution in [1.29, 1.82) is 0 Å². The molecule has 0 amide bonds. The molecule has 1 unspecified atom stereocenters. The Hall–Kier alpha value is -1.03. The van der Waals surface area contributed by atoms with Gasteiger partial charge in [0.2, 0.25) is 0 Å². The molecule has 0 radical (unpaired) electrons. The van der Waals surface area contributed by atoms with Gasteiger partial charge in [0.25, 0.3) is 0 Å². The van der Waals surface area contributed by atoms with Crippen LogP contribution >= 0.6 is 0 Å². The molecule has 1 fully saturated rings. The first kappa shape index (κ1) is 10.5. The smallest absolute Gasteiger partial charge is 0.157 e. The van der Waals surface area contributed by atoms with E-state index < -0.39 is 0 Å². The molecular weight excluding hydrogens is 190 g/mol. The first-order valence-electron chi connectivity index (χ1n) is 5.69. The van der Waals surface area contributed by atoms with Crippen molar-refractivity contribution in [3.8, 4) is 5.75 Å². The maximum atomic E-state index is 5.58. The third-order valence-corrected chi connectivity index (χ3v) is 2.81. The number of ether oxygens (including phenoxy) is 1. The molecule has 0 spiro atoms. The van der Waals surface area contributed by atoms with E-state index in [0.717, 1.165) is 24.8 Å². The number of rotatable bonds is 5. The molecule has 1 aliphatic rings. The number of hydrogen-bond donors (Lipinski definition) is 1. The van der Waals surface area contributed by atoms with Gasteiger partial charge in [-0.05, 0) is 32.2 Å². The van der Waals surface area contributed by atoms with Gasteiger partial charge in [-0.2, -0.15) is 5.10 Å². The van der Waals surface area contributed by atoms with Crippen LogP contribution in [-0.4, -0.2) is 29.0 Å². The van der Waals surface area contributed by atoms with Crippen molar-refractivity contribution in [3.63, 3.8) is 0 Å². The molecular formula is C11H19N3O. The van der Waals surface area contributed by atoms with E-state index in [0.29, 0.717) is 0 Å². The zero-order chi connectivity index (χ0) is 10.5. The van der Waals surface area contributed by atoms with Crippen molar-refractivity contribution in [3.05, 3.63) is 12.4 Å². The van der Waals surface area contributed by atoms with E-state index in [1.54, 1.807) is 10.9 Å². The number of aryl methyl sites for hydroxylation is 1. The average Bonchev–Trinajstić information content (AvgIpc) is 2.84. The molecule has 0 aromatic carbocycles. The molecule has 1 N–H and O–H groups in total. The summed E-state index contributed by atoms with van der Waals surface area (Å²) in [5, 5.41) is 7.54. The lowest BCUT2D eigenvalue weighted by Crippen LogP contribution is -2.21. The van der Waals surface area contributed by atoms with Crippen molar-refractivity contribution in [1.82, 2.24) is 15.1 Å². The first-order chi connectivity index (χ1) is 7.34. The van der Waals surface area contributed by atoms with Crippen LogP contribution in [0.4, 0.5) is 0 Å². The summed E-state index contributed by atoms with van der Waals surface area (Å²) in [6, 6.07) is 0.725. The van der Waals surface area contributed by atoms with Crippen LogP contribution in [0.1, 0.15) is 25.7 Å². The van der Waals surface area contributed by atoms with Crippen molar-refractivity contribution in [2.24, 2.45) is 7.05 Å². The summed E-state index contributed by atoms with van der Waals surface area (Å²) in [5.74, 6) is 0.872. The highest BCUT2D eigenvalue weighted by atomic mass is 16.5. The largest absolute Gasteiger partial charge is 0.490 e. The van der Waals surface area contributed by atoms with Crippen LogP contribution in [0.3, 0.4) is 0 Å². The van der Waals surface area contributed by atoms with Gasteiger partial charge in [0.15, 0.2) is 5.75 Å². The minimum Gasteiger partial charge on any atom is -0.490 e. The molecule has 0 saturated carbocycles. The fraction of sp³-hybridized carbons (Fsp3) is 0.727. The van der Waals surface area contributed by atoms with Crippen LogP contribution in [0.25, 0.3) is 0 Å². The highest BCUT2D eigenvalue weighted by Gasteiger charge is 2.12. The Bertz CT molecular complexity index is 292. The zero-order valence-corrected chi connectivity index (χ0v) is 9.28. The van der Waals surface area contributed by atoms with Gasteiger partial charge in [-0.1, -0.05) is 0 Å². The summed E-state index contributed by atoms with van der Waals surface area (Å²) < 4.78 is 7.33. The molecule has 0 bridgehead atoms. The molecule has 1 aromatic rings. The van der Waals surface area contributed by atoms with E-state index in [4.69, 9.17) is 4.74 Å². The van der Waals surface area contributed by atoms with Gasteiger partial charge in [0.1, 0.15) is 0 Å². The molecule has 4 nitrogen and oxygen atoms in total. The Kier molecular flexibility index (Phi) is 3.61. The highest BCUT2D eigenvalue weighted by Crippen LogP contribution is 2.12. The second-order valence-electron chi connectivity index (χ2n) is 4.13. The predicted octanol–water partition coefficient (Wildman–Crippen LogP) is 1.33. The van der Waals surface area contributed by atoms with Gasteiger partial charge in [0, 0.05) is 13.1 Å². The Balaban J connectivity index is 1.58. The molecule has 1 saturated heterocycles. The molecule has 4 heteroatoms. The monoisotopic (exact) mass is 209 g/mol. The zero-order valence-electron chi connectivity index (χ0n) is 9.28. The van der Waals surface area contributed by atoms with E-state index in [1.165, 1.54) is 25.8 Å². The lowest BCUT2D eigenvalue weighted by atomic mass is 10.1. The summed E-state index contributed by atoms with van der Waals surface area (Å²) in [6.07, 6.45) is 8.65. The Labute approximate surface area is 90.6 Å². The lowest BCUT2D eigenvalue weighted by Gasteiger charge is -2.09. The van der Waals surface area contributed by atoms with E-state index in [-0.39, 0.29) is 0 Å². The number of hydrogen-bond acceptors (Lipinski definition) is 3. The minimum absolute atomic E-state index is 0.725. The molecule has 1 aromatic heterocycles. The summed E-state index contributed by atoms with van der Waals surface area (Å²) in [7, 11) is 1.90. The Morgan fingerprint density at radius 1 is 1.67 bits per heavy atom. The summed E-state index contributed by atoms with van der Waals surface area (Å²) in [5.41, 5.74) is 0. The van der Waals surface area contributed by atoms with E-state index >= 15 is 0 Å². The summed E-state index contributed by atoms with van der Waals surface area (Å²) in [6.45, 7) is 1.98. The SMILES string of the molecule is Cn1cc(OCCCC2CCCN2)cn1. The van der Waals surface area contributed by atoms with Crippen molar-refractivity contribution in [2.45, 2.75) is 31.7 Å². The van der Waals surface area contributed by atoms with E-state index in [9.17, 15) is 0 Å². The molecule has 2 heterocycles. The Morgan fingerprint density at radius 2 is 2.60 bits per heavy atom. The minimum atomic E-state index is 0.725. The molecule has 2 rings (SSSR count). The summed E-state index contributed by atoms with van der Waals surface area (Å²) in [4.78, 5) is 0. The third-order valence-electron chi connectivity index (χ3n) is 2.81. The van der Waals surface area contributed by atoms with Gasteiger partial charge >= 0.3 is 0 Å².